The molecule has 0 fully saturated rings. The highest BCUT2D eigenvalue weighted by Gasteiger charge is 1.98. The third-order valence-corrected chi connectivity index (χ3v) is 1.92. The number of hydrogen-bond donors (Lipinski definition) is 1. The molecule has 1 heterocycles. The Morgan fingerprint density at radius 1 is 1.40 bits per heavy atom. The number of rotatable bonds is 0. The fourth-order valence-corrected chi connectivity index (χ4v) is 1.26. The number of aromatic amines is 1. The van der Waals surface area contributed by atoms with Gasteiger partial charge in [-0.1, -0.05) is 5.92 Å². The zero-order valence-electron chi connectivity index (χ0n) is 7.65. The van der Waals surface area contributed by atoms with Gasteiger partial charge in [0.15, 0.2) is 6.29 Å². The number of benzene rings is 1. The lowest BCUT2D eigenvalue weighted by Crippen LogP contribution is -2.05. The summed E-state index contributed by atoms with van der Waals surface area (Å²) < 4.78 is 0. The van der Waals surface area contributed by atoms with E-state index in [4.69, 9.17) is 0 Å². The van der Waals surface area contributed by atoms with Gasteiger partial charge in [-0.25, -0.2) is 4.98 Å². The van der Waals surface area contributed by atoms with Crippen molar-refractivity contribution in [3.8, 4) is 11.8 Å². The molecule has 2 aromatic rings. The van der Waals surface area contributed by atoms with Gasteiger partial charge in [0.25, 0.3) is 5.56 Å². The minimum atomic E-state index is -0.185. The van der Waals surface area contributed by atoms with Gasteiger partial charge in [-0.3, -0.25) is 9.59 Å². The van der Waals surface area contributed by atoms with Gasteiger partial charge >= 0.3 is 0 Å². The van der Waals surface area contributed by atoms with Gasteiger partial charge < -0.3 is 4.98 Å². The Morgan fingerprint density at radius 3 is 3.07 bits per heavy atom. The summed E-state index contributed by atoms with van der Waals surface area (Å²) >= 11 is 0. The van der Waals surface area contributed by atoms with Gasteiger partial charge in [0.05, 0.1) is 17.2 Å². The van der Waals surface area contributed by atoms with Gasteiger partial charge in [-0.05, 0) is 24.1 Å². The molecule has 15 heavy (non-hydrogen) atoms. The molecule has 1 N–H and O–H groups in total. The third-order valence-electron chi connectivity index (χ3n) is 1.92. The van der Waals surface area contributed by atoms with Crippen LogP contribution in [0.5, 0.6) is 0 Å². The van der Waals surface area contributed by atoms with Crippen LogP contribution >= 0.6 is 0 Å². The number of aromatic nitrogens is 2. The topological polar surface area (TPSA) is 62.8 Å². The lowest BCUT2D eigenvalue weighted by atomic mass is 10.1. The molecule has 0 spiro atoms. The van der Waals surface area contributed by atoms with Gasteiger partial charge in [-0.15, -0.1) is 0 Å². The molecule has 0 saturated carbocycles. The van der Waals surface area contributed by atoms with E-state index in [2.05, 4.69) is 21.8 Å². The molecule has 4 nitrogen and oxygen atoms in total. The third kappa shape index (κ3) is 1.76. The standard InChI is InChI=1S/C11H6N2O2/c14-5-1-2-8-3-4-9-10(6-8)12-7-13-11(9)15/h3-7H,(H,12,13,15). The maximum absolute atomic E-state index is 11.3. The molecule has 0 saturated heterocycles. The molecule has 1 aromatic carbocycles. The monoisotopic (exact) mass is 198 g/mol. The number of nitrogens with one attached hydrogen (secondary N) is 1. The lowest BCUT2D eigenvalue weighted by molar-refractivity contribution is -0.103. The van der Waals surface area contributed by atoms with Crippen LogP contribution in [0.4, 0.5) is 0 Å². The molecule has 0 atom stereocenters. The fraction of sp³-hybridized carbons (Fsp3) is 0. The Bertz CT molecular complexity index is 632. The fourth-order valence-electron chi connectivity index (χ4n) is 1.26. The molecule has 0 radical (unpaired) electrons. The van der Waals surface area contributed by atoms with E-state index < -0.39 is 0 Å². The highest BCUT2D eigenvalue weighted by atomic mass is 16.1. The average Bonchev–Trinajstić information content (AvgIpc) is 2.26. The first-order valence-electron chi connectivity index (χ1n) is 4.24. The average molecular weight is 198 g/mol. The number of carbonyl (C=O) groups excluding carboxylic acids is 1. The van der Waals surface area contributed by atoms with Crippen LogP contribution in [0.2, 0.25) is 0 Å². The molecule has 0 aliphatic heterocycles. The number of aldehydes is 1. The minimum absolute atomic E-state index is 0.185. The van der Waals surface area contributed by atoms with Crippen LogP contribution < -0.4 is 5.56 Å². The predicted octanol–water partition coefficient (Wildman–Crippen LogP) is 0.473. The van der Waals surface area contributed by atoms with E-state index >= 15 is 0 Å². The number of carbonyl (C=O) groups is 1. The van der Waals surface area contributed by atoms with Crippen molar-refractivity contribution >= 4 is 17.2 Å². The normalized spacial score (nSPS) is 9.33. The molecule has 72 valence electrons. The van der Waals surface area contributed by atoms with Crippen LogP contribution in [-0.4, -0.2) is 16.3 Å². The Kier molecular flexibility index (Phi) is 2.30. The highest BCUT2D eigenvalue weighted by Crippen LogP contribution is 2.07. The summed E-state index contributed by atoms with van der Waals surface area (Å²) in [5, 5.41) is 0.508. The second-order valence-corrected chi connectivity index (χ2v) is 2.85. The Balaban J connectivity index is 2.67. The van der Waals surface area contributed by atoms with Crippen molar-refractivity contribution in [2.24, 2.45) is 0 Å². The van der Waals surface area contributed by atoms with Gasteiger partial charge in [-0.2, -0.15) is 0 Å². The predicted molar refractivity (Wildman–Crippen MR) is 55.3 cm³/mol. The van der Waals surface area contributed by atoms with E-state index in [-0.39, 0.29) is 5.56 Å². The second kappa shape index (κ2) is 3.76. The van der Waals surface area contributed by atoms with E-state index in [1.165, 1.54) is 6.33 Å². The van der Waals surface area contributed by atoms with Crippen molar-refractivity contribution < 1.29 is 4.79 Å². The molecule has 0 aliphatic carbocycles. The van der Waals surface area contributed by atoms with Crippen LogP contribution in [0.25, 0.3) is 10.9 Å². The van der Waals surface area contributed by atoms with Crippen molar-refractivity contribution in [3.05, 3.63) is 40.4 Å². The minimum Gasteiger partial charge on any atom is -0.313 e. The SMILES string of the molecule is O=CC#Cc1ccc2c(=O)[nH]cnc2c1. The van der Waals surface area contributed by atoms with Crippen LogP contribution in [0.15, 0.2) is 29.3 Å². The van der Waals surface area contributed by atoms with Crippen molar-refractivity contribution in [3.63, 3.8) is 0 Å². The van der Waals surface area contributed by atoms with Crippen LogP contribution in [0.3, 0.4) is 0 Å². The number of hydrogen-bond acceptors (Lipinski definition) is 3. The largest absolute Gasteiger partial charge is 0.313 e. The molecule has 4 heteroatoms. The summed E-state index contributed by atoms with van der Waals surface area (Å²) in [6.07, 6.45) is 1.86. The zero-order valence-corrected chi connectivity index (χ0v) is 7.65. The number of fused-ring (bicyclic) bond motifs is 1. The van der Waals surface area contributed by atoms with Crippen molar-refractivity contribution in [2.45, 2.75) is 0 Å². The van der Waals surface area contributed by atoms with Crippen LogP contribution in [0.1, 0.15) is 5.56 Å². The Hall–Kier alpha value is -2.41. The van der Waals surface area contributed by atoms with Gasteiger partial charge in [0.2, 0.25) is 0 Å². The summed E-state index contributed by atoms with van der Waals surface area (Å²) in [6.45, 7) is 0. The first-order valence-corrected chi connectivity index (χ1v) is 4.24. The summed E-state index contributed by atoms with van der Waals surface area (Å²) in [7, 11) is 0. The van der Waals surface area contributed by atoms with Crippen molar-refractivity contribution in [1.29, 1.82) is 0 Å². The van der Waals surface area contributed by atoms with Gasteiger partial charge in [0, 0.05) is 5.56 Å². The van der Waals surface area contributed by atoms with E-state index in [0.29, 0.717) is 22.8 Å². The second-order valence-electron chi connectivity index (χ2n) is 2.85. The quantitative estimate of drug-likeness (QED) is 0.494. The first kappa shape index (κ1) is 9.16. The van der Waals surface area contributed by atoms with Crippen molar-refractivity contribution in [1.82, 2.24) is 9.97 Å². The number of H-pyrrole nitrogens is 1. The smallest absolute Gasteiger partial charge is 0.258 e. The molecular formula is C11H6N2O2. The van der Waals surface area contributed by atoms with E-state index in [0.717, 1.165) is 0 Å². The van der Waals surface area contributed by atoms with E-state index in [1.807, 2.05) is 0 Å². The zero-order chi connectivity index (χ0) is 10.7. The Labute approximate surface area is 85.0 Å². The molecule has 0 unspecified atom stereocenters. The van der Waals surface area contributed by atoms with Gasteiger partial charge in [0.1, 0.15) is 0 Å². The molecular weight excluding hydrogens is 192 g/mol. The Morgan fingerprint density at radius 2 is 2.27 bits per heavy atom. The van der Waals surface area contributed by atoms with Crippen molar-refractivity contribution in [2.75, 3.05) is 0 Å². The molecule has 0 amide bonds. The highest BCUT2D eigenvalue weighted by molar-refractivity contribution is 5.80. The molecule has 0 bridgehead atoms. The van der Waals surface area contributed by atoms with E-state index in [9.17, 15) is 9.59 Å². The lowest BCUT2D eigenvalue weighted by Gasteiger charge is -1.95. The summed E-state index contributed by atoms with van der Waals surface area (Å²) in [5.74, 6) is 4.94. The maximum atomic E-state index is 11.3. The van der Waals surface area contributed by atoms with E-state index in [1.54, 1.807) is 18.2 Å². The molecule has 0 aliphatic rings. The summed E-state index contributed by atoms with van der Waals surface area (Å²) in [6, 6.07) is 4.98. The maximum Gasteiger partial charge on any atom is 0.258 e. The summed E-state index contributed by atoms with van der Waals surface area (Å²) in [4.78, 5) is 27.8. The van der Waals surface area contributed by atoms with Crippen LogP contribution in [0, 0.1) is 11.8 Å². The molecule has 1 aromatic heterocycles. The summed E-state index contributed by atoms with van der Waals surface area (Å²) in [5.41, 5.74) is 1.04. The van der Waals surface area contributed by atoms with Crippen LogP contribution in [-0.2, 0) is 4.79 Å². The molecule has 2 rings (SSSR count). The number of nitrogens with zero attached hydrogens (tertiary/aromatic N) is 1. The first-order chi connectivity index (χ1) is 7.31.